The molecule has 4 heterocycles. The van der Waals surface area contributed by atoms with Crippen molar-refractivity contribution in [3.8, 4) is 23.7 Å². The summed E-state index contributed by atoms with van der Waals surface area (Å²) in [5.41, 5.74) is 4.57. The van der Waals surface area contributed by atoms with E-state index in [1.54, 1.807) is 53.7 Å². The molecule has 14 nitrogen and oxygen atoms in total. The van der Waals surface area contributed by atoms with Crippen molar-refractivity contribution in [2.75, 3.05) is 85.0 Å². The molecular formula is C40H47BrF2N8O6S2. The van der Waals surface area contributed by atoms with Gasteiger partial charge in [0, 0.05) is 25.9 Å². The number of hydrogen-bond donors (Lipinski definition) is 1. The molecule has 2 aromatic carbocycles. The predicted octanol–water partition coefficient (Wildman–Crippen LogP) is 6.66. The van der Waals surface area contributed by atoms with Gasteiger partial charge >= 0.3 is 12.2 Å². The van der Waals surface area contributed by atoms with E-state index in [4.69, 9.17) is 43.4 Å². The molecule has 2 fully saturated rings. The number of alkyl halides is 1. The summed E-state index contributed by atoms with van der Waals surface area (Å²) in [5, 5.41) is 11.8. The van der Waals surface area contributed by atoms with Crippen molar-refractivity contribution in [1.29, 1.82) is 0 Å². The Morgan fingerprint density at radius 3 is 1.75 bits per heavy atom. The highest BCUT2D eigenvalue weighted by Gasteiger charge is 2.34. The molecule has 0 bridgehead atoms. The van der Waals surface area contributed by atoms with Gasteiger partial charge < -0.3 is 34.2 Å². The molecule has 0 spiro atoms. The second kappa shape index (κ2) is 24.0. The van der Waals surface area contributed by atoms with Crippen LogP contribution in [0.25, 0.3) is 0 Å². The standard InChI is InChI=1S/C20H23FN4O3S.C16H19FN4O3S.C4H5Br/c1-3-4-9-24-11-10-23(14-22-24)18-7-5-15(12-17(18)21)25-13-16(28-20(25)26)6-8-19(29)27-2;1-23-15(25)5-3-12-9-21(16(22)24-12)11-2-4-14(13(17)8-11)20-7-6-18-19-10-20;1-2-3-4-5/h5,7,12,14,16H,6,8-11,13H2,1-2H3;2,4,8,10,12,18H,3,5-7,9H2,1H3;4H2,1H3/t16-;12-;/m00./s1. The predicted molar refractivity (Wildman–Crippen MR) is 238 cm³/mol. The first-order valence-electron chi connectivity index (χ1n) is 18.6. The number of halogens is 3. The first-order chi connectivity index (χ1) is 28.5. The van der Waals surface area contributed by atoms with E-state index in [9.17, 15) is 18.4 Å². The van der Waals surface area contributed by atoms with Crippen LogP contribution in [0.15, 0.2) is 46.6 Å². The number of benzene rings is 2. The Morgan fingerprint density at radius 2 is 1.36 bits per heavy atom. The zero-order chi connectivity index (χ0) is 42.7. The average molecular weight is 918 g/mol. The van der Waals surface area contributed by atoms with Gasteiger partial charge in [-0.1, -0.05) is 27.8 Å². The molecule has 6 rings (SSSR count). The van der Waals surface area contributed by atoms with E-state index in [2.05, 4.69) is 55.2 Å². The van der Waals surface area contributed by atoms with E-state index >= 15 is 0 Å². The number of anilines is 4. The van der Waals surface area contributed by atoms with Crippen molar-refractivity contribution >= 4 is 98.1 Å². The van der Waals surface area contributed by atoms with Crippen molar-refractivity contribution in [3.05, 3.63) is 48.0 Å². The number of methoxy groups -OCH3 is 2. The van der Waals surface area contributed by atoms with Crippen LogP contribution in [0.2, 0.25) is 0 Å². The van der Waals surface area contributed by atoms with E-state index in [1.165, 1.54) is 36.2 Å². The van der Waals surface area contributed by atoms with E-state index in [-0.39, 0.29) is 12.2 Å². The van der Waals surface area contributed by atoms with E-state index in [1.807, 2.05) is 11.9 Å². The number of ether oxygens (including phenoxy) is 4. The highest BCUT2D eigenvalue weighted by molar-refractivity contribution is 9.09. The number of nitrogens with zero attached hydrogens (tertiary/aromatic N) is 7. The molecule has 0 aliphatic carbocycles. The Morgan fingerprint density at radius 1 is 0.831 bits per heavy atom. The third-order valence-electron chi connectivity index (χ3n) is 9.04. The van der Waals surface area contributed by atoms with Gasteiger partial charge in [0.05, 0.1) is 75.0 Å². The number of amides is 2. The van der Waals surface area contributed by atoms with Gasteiger partial charge in [0.2, 0.25) is 0 Å². The van der Waals surface area contributed by atoms with E-state index in [0.717, 1.165) is 5.33 Å². The van der Waals surface area contributed by atoms with Crippen LogP contribution in [0.5, 0.6) is 0 Å². The normalized spacial score (nSPS) is 17.8. The average Bonchev–Trinajstić information content (AvgIpc) is 3.83. The first-order valence-corrected chi connectivity index (χ1v) is 20.6. The summed E-state index contributed by atoms with van der Waals surface area (Å²) in [6.45, 7) is 7.37. The van der Waals surface area contributed by atoms with Crippen LogP contribution >= 0.6 is 40.4 Å². The largest absolute Gasteiger partial charge is 0.490 e. The maximum atomic E-state index is 14.8. The molecule has 0 radical (unpaired) electrons. The number of carbonyl (C=O) groups excluding carboxylic acids is 2. The molecule has 0 unspecified atom stereocenters. The lowest BCUT2D eigenvalue weighted by Gasteiger charge is -2.29. The Hall–Kier alpha value is -5.24. The third kappa shape index (κ3) is 13.9. The molecule has 59 heavy (non-hydrogen) atoms. The second-order valence-electron chi connectivity index (χ2n) is 12.9. The van der Waals surface area contributed by atoms with Crippen molar-refractivity contribution in [2.24, 2.45) is 10.2 Å². The zero-order valence-electron chi connectivity index (χ0n) is 33.3. The van der Waals surface area contributed by atoms with Gasteiger partial charge in [-0.15, -0.1) is 11.8 Å². The molecule has 2 atom stereocenters. The molecule has 316 valence electrons. The van der Waals surface area contributed by atoms with Crippen molar-refractivity contribution in [3.63, 3.8) is 0 Å². The zero-order valence-corrected chi connectivity index (χ0v) is 36.5. The summed E-state index contributed by atoms with van der Waals surface area (Å²) >= 11 is 13.1. The number of thiocarbonyl (C=S) groups is 2. The smallest absolute Gasteiger partial charge is 0.414 e. The maximum Gasteiger partial charge on any atom is 0.414 e. The van der Waals surface area contributed by atoms with Crippen LogP contribution in [0.4, 0.5) is 41.1 Å². The number of nitrogens with one attached hydrogen (secondary N) is 1. The molecule has 19 heteroatoms. The highest BCUT2D eigenvalue weighted by Crippen LogP contribution is 2.30. The SMILES string of the molecule is CC#CCBr.CC#CCN1CCN(c2ccc(N3C[C@H](CCC(=S)OC)OC3=O)cc2F)C=N1.COC(=S)CC[C@H]1CN(c2ccc(N3C=NNCC3)c(F)c2)C(=O)O1. The molecule has 2 saturated heterocycles. The molecule has 4 aliphatic rings. The van der Waals surface area contributed by atoms with Crippen LogP contribution in [-0.2, 0) is 18.9 Å². The summed E-state index contributed by atoms with van der Waals surface area (Å²) in [4.78, 5) is 30.6. The van der Waals surface area contributed by atoms with Gasteiger partial charge in [0.25, 0.3) is 0 Å². The highest BCUT2D eigenvalue weighted by atomic mass is 79.9. The van der Waals surface area contributed by atoms with Gasteiger partial charge in [-0.2, -0.15) is 10.2 Å². The minimum absolute atomic E-state index is 0.288. The fourth-order valence-electron chi connectivity index (χ4n) is 5.92. The summed E-state index contributed by atoms with van der Waals surface area (Å²) < 4.78 is 49.8. The number of cyclic esters (lactones) is 2. The van der Waals surface area contributed by atoms with Crippen LogP contribution in [0.1, 0.15) is 39.5 Å². The third-order valence-corrected chi connectivity index (χ3v) is 10.1. The Kier molecular flexibility index (Phi) is 18.9. The van der Waals surface area contributed by atoms with Gasteiger partial charge in [-0.3, -0.25) is 14.8 Å². The molecule has 4 aliphatic heterocycles. The number of rotatable bonds is 11. The lowest BCUT2D eigenvalue weighted by Crippen LogP contribution is -2.38. The summed E-state index contributed by atoms with van der Waals surface area (Å²) in [5.74, 6) is 10.4. The summed E-state index contributed by atoms with van der Waals surface area (Å²) in [6, 6.07) is 9.40. The van der Waals surface area contributed by atoms with Gasteiger partial charge in [-0.25, -0.2) is 18.4 Å². The monoisotopic (exact) mass is 916 g/mol. The van der Waals surface area contributed by atoms with Crippen LogP contribution in [0, 0.1) is 35.3 Å². The molecule has 2 amide bonds. The Balaban J connectivity index is 0.000000236. The lowest BCUT2D eigenvalue weighted by molar-refractivity contribution is 0.136. The molecule has 0 aromatic heterocycles. The van der Waals surface area contributed by atoms with Crippen LogP contribution in [-0.4, -0.2) is 118 Å². The maximum absolute atomic E-state index is 14.8. The van der Waals surface area contributed by atoms with Gasteiger partial charge in [-0.05, 0) is 87.5 Å². The summed E-state index contributed by atoms with van der Waals surface area (Å²) in [7, 11) is 3.03. The number of hydrogen-bond acceptors (Lipinski definition) is 14. The van der Waals surface area contributed by atoms with Crippen LogP contribution < -0.4 is 25.0 Å². The van der Waals surface area contributed by atoms with E-state index in [0.29, 0.717) is 104 Å². The Bertz CT molecular complexity index is 1990. The minimum atomic E-state index is -0.488. The lowest BCUT2D eigenvalue weighted by atomic mass is 10.2. The molecular weight excluding hydrogens is 871 g/mol. The van der Waals surface area contributed by atoms with E-state index < -0.39 is 23.8 Å². The minimum Gasteiger partial charge on any atom is -0.490 e. The topological polar surface area (TPSA) is 124 Å². The van der Waals surface area contributed by atoms with Crippen molar-refractivity contribution in [2.45, 2.75) is 51.7 Å². The van der Waals surface area contributed by atoms with Gasteiger partial charge in [0.15, 0.2) is 10.1 Å². The molecule has 2 aromatic rings. The quantitative estimate of drug-likeness (QED) is 0.148. The fourth-order valence-corrected chi connectivity index (χ4v) is 6.44. The number of hydrazone groups is 2. The van der Waals surface area contributed by atoms with Crippen molar-refractivity contribution < 1.29 is 37.3 Å². The fraction of sp³-hybridized carbons (Fsp3) is 0.450. The van der Waals surface area contributed by atoms with Gasteiger partial charge in [0.1, 0.15) is 36.5 Å². The van der Waals surface area contributed by atoms with Crippen LogP contribution in [0.3, 0.4) is 0 Å². The van der Waals surface area contributed by atoms with Crippen molar-refractivity contribution in [1.82, 2.24) is 10.4 Å². The number of carbonyl (C=O) groups is 2. The summed E-state index contributed by atoms with van der Waals surface area (Å²) in [6.07, 6.45) is 3.78. The molecule has 1 N–H and O–H groups in total. The molecule has 0 saturated carbocycles. The first kappa shape index (κ1) is 46.4. The second-order valence-corrected chi connectivity index (χ2v) is 14.4. The Labute approximate surface area is 362 Å².